The summed E-state index contributed by atoms with van der Waals surface area (Å²) in [6.45, 7) is 1.85. The number of aliphatic hydroxyl groups excluding tert-OH is 1. The molecule has 0 amide bonds. The Morgan fingerprint density at radius 3 is 1.21 bits per heavy atom. The van der Waals surface area contributed by atoms with E-state index in [1.165, 1.54) is 0 Å². The van der Waals surface area contributed by atoms with Crippen molar-refractivity contribution >= 4 is 20.1 Å². The lowest BCUT2D eigenvalue weighted by Crippen LogP contribution is -2.16. The highest BCUT2D eigenvalue weighted by atomic mass is 32.3. The summed E-state index contributed by atoms with van der Waals surface area (Å²) in [4.78, 5) is 0. The van der Waals surface area contributed by atoms with Gasteiger partial charge < -0.3 is 5.11 Å². The number of hydrogen-bond donors (Lipinski definition) is 1. The Morgan fingerprint density at radius 1 is 0.643 bits per heavy atom. The van der Waals surface area contributed by atoms with Crippen molar-refractivity contribution in [1.82, 2.24) is 0 Å². The number of rotatable bonds is 3. The third kappa shape index (κ3) is 7.33. The van der Waals surface area contributed by atoms with Gasteiger partial charge in [0.05, 0.1) is 6.10 Å². The van der Waals surface area contributed by atoms with Crippen LogP contribution in [0.15, 0.2) is 48.5 Å². The average Bonchev–Trinajstić information content (AvgIpc) is 2.59. The van der Waals surface area contributed by atoms with E-state index in [0.717, 1.165) is 22.3 Å². The minimum atomic E-state index is -0.834. The lowest BCUT2D eigenvalue weighted by molar-refractivity contribution is 0.176. The minimum Gasteiger partial charge on any atom is -0.392 e. The van der Waals surface area contributed by atoms with Gasteiger partial charge in [-0.05, 0) is 90.4 Å². The minimum absolute atomic E-state index is 0.0644. The molecule has 0 aliphatic carbocycles. The third-order valence-electron chi connectivity index (χ3n) is 4.03. The fourth-order valence-electron chi connectivity index (χ4n) is 2.72. The zero-order valence-electron chi connectivity index (χ0n) is 18.0. The highest BCUT2D eigenvalue weighted by Crippen LogP contribution is 2.33. The van der Waals surface area contributed by atoms with E-state index in [4.69, 9.17) is 0 Å². The SMILES string of the molecule is C[C@H](O)C(c1ccc(C#CS(C)(C)C)cc1)c1ccc(C#CS(C)(C)C)cc1. The van der Waals surface area contributed by atoms with Crippen LogP contribution in [0.3, 0.4) is 0 Å². The fourth-order valence-corrected chi connectivity index (χ4v) is 3.57. The Bertz CT molecular complexity index is 828. The van der Waals surface area contributed by atoms with Crippen LogP contribution >= 0.6 is 20.1 Å². The van der Waals surface area contributed by atoms with Gasteiger partial charge in [-0.15, -0.1) is 0 Å². The first-order chi connectivity index (χ1) is 12.9. The summed E-state index contributed by atoms with van der Waals surface area (Å²) in [5.41, 5.74) is 4.24. The van der Waals surface area contributed by atoms with E-state index in [2.05, 4.69) is 108 Å². The molecule has 0 bridgehead atoms. The zero-order chi connectivity index (χ0) is 20.9. The largest absolute Gasteiger partial charge is 0.392 e. The molecule has 0 radical (unpaired) electrons. The second-order valence-corrected chi connectivity index (χ2v) is 16.3. The number of hydrogen-bond acceptors (Lipinski definition) is 1. The molecule has 150 valence electrons. The van der Waals surface area contributed by atoms with Crippen LogP contribution in [0.4, 0.5) is 0 Å². The summed E-state index contributed by atoms with van der Waals surface area (Å²) in [5.74, 6) is 6.46. The van der Waals surface area contributed by atoms with Crippen molar-refractivity contribution in [2.45, 2.75) is 18.9 Å². The summed E-state index contributed by atoms with van der Waals surface area (Å²) in [6.07, 6.45) is 12.7. The molecule has 0 aliphatic rings. The van der Waals surface area contributed by atoms with Gasteiger partial charge in [-0.25, -0.2) is 0 Å². The van der Waals surface area contributed by atoms with Gasteiger partial charge >= 0.3 is 0 Å². The van der Waals surface area contributed by atoms with Crippen LogP contribution < -0.4 is 0 Å². The molecule has 0 fully saturated rings. The van der Waals surface area contributed by atoms with Crippen molar-refractivity contribution in [3.63, 3.8) is 0 Å². The van der Waals surface area contributed by atoms with Crippen LogP contribution in [0, 0.1) is 22.3 Å². The molecular weight excluding hydrogens is 380 g/mol. The molecular formula is C25H32OS2. The molecule has 2 rings (SSSR count). The van der Waals surface area contributed by atoms with Crippen molar-refractivity contribution in [1.29, 1.82) is 0 Å². The lowest BCUT2D eigenvalue weighted by Gasteiger charge is -2.21. The fraction of sp³-hybridized carbons (Fsp3) is 0.360. The maximum atomic E-state index is 10.4. The standard InChI is InChI=1S/C25H32OS2/c1-20(26)25(23-12-8-21(9-13-23)16-18-27(2,3)4)24-14-10-22(11-15-24)17-19-28(5,6)7/h8-15,20,25-26H,1-7H3/t20-/m0/s1. The van der Waals surface area contributed by atoms with Crippen molar-refractivity contribution in [3.8, 4) is 22.3 Å². The van der Waals surface area contributed by atoms with Gasteiger partial charge in [0.15, 0.2) is 0 Å². The molecule has 0 saturated heterocycles. The topological polar surface area (TPSA) is 20.2 Å². The molecule has 0 aliphatic heterocycles. The van der Waals surface area contributed by atoms with Crippen molar-refractivity contribution in [2.24, 2.45) is 0 Å². The number of aliphatic hydroxyl groups is 1. The summed E-state index contributed by atoms with van der Waals surface area (Å²) in [6, 6.07) is 16.5. The van der Waals surface area contributed by atoms with E-state index in [-0.39, 0.29) is 5.92 Å². The van der Waals surface area contributed by atoms with E-state index in [1.54, 1.807) is 0 Å². The average molecular weight is 413 g/mol. The summed E-state index contributed by atoms with van der Waals surface area (Å²) >= 11 is 0. The third-order valence-corrected chi connectivity index (χ3v) is 5.45. The molecule has 28 heavy (non-hydrogen) atoms. The highest BCUT2D eigenvalue weighted by molar-refractivity contribution is 8.36. The van der Waals surface area contributed by atoms with E-state index < -0.39 is 26.2 Å². The maximum Gasteiger partial charge on any atom is 0.0621 e. The quantitative estimate of drug-likeness (QED) is 0.687. The van der Waals surface area contributed by atoms with Crippen LogP contribution in [0.25, 0.3) is 0 Å². The van der Waals surface area contributed by atoms with Crippen molar-refractivity contribution in [2.75, 3.05) is 37.5 Å². The summed E-state index contributed by atoms with van der Waals surface area (Å²) in [7, 11) is -1.67. The highest BCUT2D eigenvalue weighted by Gasteiger charge is 2.19. The molecule has 0 spiro atoms. The van der Waals surface area contributed by atoms with Crippen LogP contribution in [-0.2, 0) is 0 Å². The van der Waals surface area contributed by atoms with Gasteiger partial charge in [0, 0.05) is 17.0 Å². The molecule has 0 heterocycles. The van der Waals surface area contributed by atoms with Crippen LogP contribution in [0.2, 0.25) is 0 Å². The monoisotopic (exact) mass is 412 g/mol. The smallest absolute Gasteiger partial charge is 0.0621 e. The van der Waals surface area contributed by atoms with E-state index in [1.807, 2.05) is 6.92 Å². The first-order valence-corrected chi connectivity index (χ1v) is 15.0. The van der Waals surface area contributed by atoms with Crippen molar-refractivity contribution < 1.29 is 5.11 Å². The molecule has 1 atom stereocenters. The first-order valence-electron chi connectivity index (χ1n) is 9.25. The zero-order valence-corrected chi connectivity index (χ0v) is 19.7. The molecule has 2 aromatic carbocycles. The second kappa shape index (κ2) is 9.15. The van der Waals surface area contributed by atoms with E-state index in [0.29, 0.717) is 0 Å². The first kappa shape index (κ1) is 22.5. The van der Waals surface area contributed by atoms with Gasteiger partial charge in [-0.1, -0.05) is 36.1 Å². The molecule has 3 heteroatoms. The normalized spacial score (nSPS) is 13.8. The van der Waals surface area contributed by atoms with Crippen LogP contribution in [0.5, 0.6) is 0 Å². The lowest BCUT2D eigenvalue weighted by atomic mass is 9.86. The van der Waals surface area contributed by atoms with Gasteiger partial charge in [-0.2, -0.15) is 20.1 Å². The number of benzene rings is 2. The Balaban J connectivity index is 2.28. The molecule has 1 nitrogen and oxygen atoms in total. The molecule has 0 saturated carbocycles. The van der Waals surface area contributed by atoms with E-state index in [9.17, 15) is 5.11 Å². The van der Waals surface area contributed by atoms with Crippen LogP contribution in [0.1, 0.15) is 35.1 Å². The van der Waals surface area contributed by atoms with Gasteiger partial charge in [0.2, 0.25) is 0 Å². The summed E-state index contributed by atoms with van der Waals surface area (Å²) < 4.78 is 0. The Labute approximate surface area is 174 Å². The predicted molar refractivity (Wildman–Crippen MR) is 131 cm³/mol. The molecule has 0 aromatic heterocycles. The molecule has 2 aromatic rings. The van der Waals surface area contributed by atoms with Crippen LogP contribution in [-0.4, -0.2) is 48.7 Å². The van der Waals surface area contributed by atoms with Gasteiger partial charge in [0.25, 0.3) is 0 Å². The molecule has 1 N–H and O–H groups in total. The predicted octanol–water partition coefficient (Wildman–Crippen LogP) is 5.21. The Kier molecular flexibility index (Phi) is 7.35. The summed E-state index contributed by atoms with van der Waals surface area (Å²) in [5, 5.41) is 17.1. The van der Waals surface area contributed by atoms with E-state index >= 15 is 0 Å². The van der Waals surface area contributed by atoms with Gasteiger partial charge in [0.1, 0.15) is 0 Å². The van der Waals surface area contributed by atoms with Crippen molar-refractivity contribution in [3.05, 3.63) is 70.8 Å². The van der Waals surface area contributed by atoms with Gasteiger partial charge in [-0.3, -0.25) is 0 Å². The second-order valence-electron chi connectivity index (χ2n) is 8.59. The maximum absolute atomic E-state index is 10.4. The molecule has 0 unspecified atom stereocenters. The Morgan fingerprint density at radius 2 is 0.964 bits per heavy atom. The Hall–Kier alpha value is -1.78.